The van der Waals surface area contributed by atoms with Crippen LogP contribution in [0.1, 0.15) is 31.9 Å². The second-order valence-corrected chi connectivity index (χ2v) is 6.73. The molecule has 2 aromatic rings. The number of hydrogen-bond acceptors (Lipinski definition) is 4. The van der Waals surface area contributed by atoms with Crippen molar-refractivity contribution in [3.8, 4) is 0 Å². The maximum atomic E-state index is 12.5. The Hall–Kier alpha value is -2.15. The number of rotatable bonds is 3. The Morgan fingerprint density at radius 2 is 2.12 bits per heavy atom. The summed E-state index contributed by atoms with van der Waals surface area (Å²) < 4.78 is 1.74. The normalized spacial score (nSPS) is 17.2. The zero-order valence-corrected chi connectivity index (χ0v) is 14.5. The van der Waals surface area contributed by atoms with Gasteiger partial charge in [0, 0.05) is 32.1 Å². The number of likely N-dealkylation sites (tertiary alicyclic amines) is 1. The van der Waals surface area contributed by atoms with E-state index in [1.54, 1.807) is 10.9 Å². The average Bonchev–Trinajstić information content (AvgIpc) is 2.89. The largest absolute Gasteiger partial charge is 0.396 e. The maximum Gasteiger partial charge on any atom is 0.321 e. The molecule has 3 rings (SSSR count). The lowest BCUT2D eigenvalue weighted by atomic mass is 9.77. The Bertz CT molecular complexity index is 741. The van der Waals surface area contributed by atoms with Gasteiger partial charge >= 0.3 is 6.03 Å². The minimum atomic E-state index is -0.111. The summed E-state index contributed by atoms with van der Waals surface area (Å²) >= 11 is 0. The third kappa shape index (κ3) is 2.96. The molecule has 0 radical (unpaired) electrons. The monoisotopic (exact) mass is 331 g/mol. The number of pyridine rings is 1. The second kappa shape index (κ2) is 6.39. The van der Waals surface area contributed by atoms with Crippen molar-refractivity contribution < 1.29 is 9.90 Å². The number of urea groups is 1. The molecule has 7 heteroatoms. The van der Waals surface area contributed by atoms with E-state index in [1.807, 2.05) is 24.9 Å². The Morgan fingerprint density at radius 1 is 1.42 bits per heavy atom. The van der Waals surface area contributed by atoms with E-state index in [-0.39, 0.29) is 18.1 Å². The first-order valence-corrected chi connectivity index (χ1v) is 8.44. The number of carbonyl (C=O) groups excluding carboxylic acids is 1. The van der Waals surface area contributed by atoms with E-state index in [0.29, 0.717) is 18.8 Å². The fraction of sp³-hybridized carbons (Fsp3) is 0.588. The van der Waals surface area contributed by atoms with Crippen molar-refractivity contribution in [1.82, 2.24) is 19.7 Å². The quantitative estimate of drug-likeness (QED) is 0.904. The van der Waals surface area contributed by atoms with Crippen LogP contribution < -0.4 is 5.32 Å². The third-order valence-corrected chi connectivity index (χ3v) is 5.31. The SMILES string of the molecule is CCC1(CO)CCN(C(=O)Nc2cnc3c(c2)c(C)nn3C)CC1. The number of hydrogen-bond donors (Lipinski definition) is 2. The van der Waals surface area contributed by atoms with Crippen LogP contribution in [0.25, 0.3) is 11.0 Å². The fourth-order valence-corrected chi connectivity index (χ4v) is 3.39. The molecule has 2 amide bonds. The van der Waals surface area contributed by atoms with Gasteiger partial charge in [0.05, 0.1) is 17.6 Å². The number of anilines is 1. The van der Waals surface area contributed by atoms with Gasteiger partial charge in [-0.25, -0.2) is 9.78 Å². The van der Waals surface area contributed by atoms with Crippen molar-refractivity contribution >= 4 is 22.8 Å². The number of aliphatic hydroxyl groups is 1. The zero-order chi connectivity index (χ0) is 17.3. The summed E-state index contributed by atoms with van der Waals surface area (Å²) in [5, 5.41) is 17.8. The van der Waals surface area contributed by atoms with Crippen LogP contribution in [0.15, 0.2) is 12.3 Å². The van der Waals surface area contributed by atoms with Crippen molar-refractivity contribution in [1.29, 1.82) is 0 Å². The Morgan fingerprint density at radius 3 is 2.75 bits per heavy atom. The lowest BCUT2D eigenvalue weighted by Gasteiger charge is -2.40. The average molecular weight is 331 g/mol. The predicted molar refractivity (Wildman–Crippen MR) is 92.9 cm³/mol. The first-order chi connectivity index (χ1) is 11.5. The van der Waals surface area contributed by atoms with Crippen LogP contribution in [-0.2, 0) is 7.05 Å². The number of nitrogens with zero attached hydrogens (tertiary/aromatic N) is 4. The molecule has 0 aromatic carbocycles. The summed E-state index contributed by atoms with van der Waals surface area (Å²) in [6, 6.07) is 1.80. The number of aryl methyl sites for hydroxylation is 2. The summed E-state index contributed by atoms with van der Waals surface area (Å²) in [6.45, 7) is 5.56. The maximum absolute atomic E-state index is 12.5. The predicted octanol–water partition coefficient (Wildman–Crippen LogP) is 2.29. The van der Waals surface area contributed by atoms with Crippen molar-refractivity contribution in [2.45, 2.75) is 33.1 Å². The molecule has 0 bridgehead atoms. The van der Waals surface area contributed by atoms with Gasteiger partial charge in [-0.15, -0.1) is 0 Å². The number of carbonyl (C=O) groups is 1. The zero-order valence-electron chi connectivity index (χ0n) is 14.5. The van der Waals surface area contributed by atoms with E-state index in [2.05, 4.69) is 22.3 Å². The lowest BCUT2D eigenvalue weighted by Crippen LogP contribution is -2.46. The van der Waals surface area contributed by atoms with E-state index in [0.717, 1.165) is 36.0 Å². The first-order valence-electron chi connectivity index (χ1n) is 8.44. The topological polar surface area (TPSA) is 83.3 Å². The number of nitrogens with one attached hydrogen (secondary N) is 1. The molecule has 2 aromatic heterocycles. The molecule has 3 heterocycles. The Kier molecular flexibility index (Phi) is 4.45. The summed E-state index contributed by atoms with van der Waals surface area (Å²) in [7, 11) is 1.86. The standard InChI is InChI=1S/C17H25N5O2/c1-4-17(11-23)5-7-22(8-6-17)16(24)19-13-9-14-12(2)20-21(3)15(14)18-10-13/h9-10,23H,4-8,11H2,1-3H3,(H,19,24). The van der Waals surface area contributed by atoms with Crippen LogP contribution in [-0.4, -0.2) is 50.5 Å². The molecule has 0 aliphatic carbocycles. The van der Waals surface area contributed by atoms with Gasteiger partial charge in [-0.3, -0.25) is 4.68 Å². The molecule has 2 N–H and O–H groups in total. The minimum absolute atomic E-state index is 0.0237. The van der Waals surface area contributed by atoms with Crippen molar-refractivity contribution in [3.05, 3.63) is 18.0 Å². The Labute approximate surface area is 141 Å². The van der Waals surface area contributed by atoms with Gasteiger partial charge in [-0.05, 0) is 37.7 Å². The van der Waals surface area contributed by atoms with Gasteiger partial charge in [-0.1, -0.05) is 6.92 Å². The number of aromatic nitrogens is 3. The highest BCUT2D eigenvalue weighted by atomic mass is 16.3. The highest BCUT2D eigenvalue weighted by Gasteiger charge is 2.33. The van der Waals surface area contributed by atoms with Gasteiger partial charge in [-0.2, -0.15) is 5.10 Å². The molecule has 0 unspecified atom stereocenters. The molecule has 1 fully saturated rings. The van der Waals surface area contributed by atoms with E-state index < -0.39 is 0 Å². The third-order valence-electron chi connectivity index (χ3n) is 5.31. The Balaban J connectivity index is 1.68. The van der Waals surface area contributed by atoms with Crippen LogP contribution in [0.3, 0.4) is 0 Å². The minimum Gasteiger partial charge on any atom is -0.396 e. The summed E-state index contributed by atoms with van der Waals surface area (Å²) in [6.07, 6.45) is 4.29. The molecule has 130 valence electrons. The van der Waals surface area contributed by atoms with E-state index in [9.17, 15) is 9.90 Å². The van der Waals surface area contributed by atoms with Gasteiger partial charge in [0.25, 0.3) is 0 Å². The van der Waals surface area contributed by atoms with Crippen molar-refractivity contribution in [2.75, 3.05) is 25.0 Å². The van der Waals surface area contributed by atoms with Crippen molar-refractivity contribution in [3.63, 3.8) is 0 Å². The molecule has 0 atom stereocenters. The van der Waals surface area contributed by atoms with E-state index in [1.165, 1.54) is 0 Å². The van der Waals surface area contributed by atoms with Crippen LogP contribution in [0.5, 0.6) is 0 Å². The molecular weight excluding hydrogens is 306 g/mol. The molecule has 0 spiro atoms. The number of amides is 2. The van der Waals surface area contributed by atoms with Gasteiger partial charge in [0.15, 0.2) is 5.65 Å². The first kappa shape index (κ1) is 16.7. The highest BCUT2D eigenvalue weighted by Crippen LogP contribution is 2.34. The molecule has 1 aliphatic heterocycles. The molecule has 7 nitrogen and oxygen atoms in total. The molecule has 1 saturated heterocycles. The van der Waals surface area contributed by atoms with Gasteiger partial charge in [0.2, 0.25) is 0 Å². The number of fused-ring (bicyclic) bond motifs is 1. The fourth-order valence-electron chi connectivity index (χ4n) is 3.39. The number of aliphatic hydroxyl groups excluding tert-OH is 1. The van der Waals surface area contributed by atoms with E-state index >= 15 is 0 Å². The summed E-state index contributed by atoms with van der Waals surface area (Å²) in [5.74, 6) is 0. The molecule has 0 saturated carbocycles. The molecule has 24 heavy (non-hydrogen) atoms. The lowest BCUT2D eigenvalue weighted by molar-refractivity contribution is 0.0542. The van der Waals surface area contributed by atoms with Gasteiger partial charge in [0.1, 0.15) is 0 Å². The van der Waals surface area contributed by atoms with E-state index in [4.69, 9.17) is 0 Å². The number of piperidine rings is 1. The van der Waals surface area contributed by atoms with Crippen LogP contribution in [0.4, 0.5) is 10.5 Å². The highest BCUT2D eigenvalue weighted by molar-refractivity contribution is 5.92. The molecular formula is C17H25N5O2. The summed E-state index contributed by atoms with van der Waals surface area (Å²) in [5.41, 5.74) is 2.35. The van der Waals surface area contributed by atoms with Crippen molar-refractivity contribution in [2.24, 2.45) is 12.5 Å². The summed E-state index contributed by atoms with van der Waals surface area (Å²) in [4.78, 5) is 18.7. The second-order valence-electron chi connectivity index (χ2n) is 6.73. The van der Waals surface area contributed by atoms with Crippen LogP contribution in [0, 0.1) is 12.3 Å². The van der Waals surface area contributed by atoms with Gasteiger partial charge < -0.3 is 15.3 Å². The van der Waals surface area contributed by atoms with Crippen LogP contribution >= 0.6 is 0 Å². The smallest absolute Gasteiger partial charge is 0.321 e. The van der Waals surface area contributed by atoms with Crippen LogP contribution in [0.2, 0.25) is 0 Å². The molecule has 1 aliphatic rings.